The molecule has 1 aliphatic rings. The molecule has 132 valence electrons. The van der Waals surface area contributed by atoms with Crippen LogP contribution in [0, 0.1) is 0 Å². The molecule has 25 heavy (non-hydrogen) atoms. The van der Waals surface area contributed by atoms with Gasteiger partial charge in [0.1, 0.15) is 6.04 Å². The van der Waals surface area contributed by atoms with Gasteiger partial charge in [0.15, 0.2) is 0 Å². The molecule has 6 nitrogen and oxygen atoms in total. The minimum atomic E-state index is -0.617. The second-order valence-electron chi connectivity index (χ2n) is 5.81. The number of carbonyl (C=O) groups is 2. The van der Waals surface area contributed by atoms with Crippen molar-refractivity contribution in [1.29, 1.82) is 0 Å². The zero-order valence-electron chi connectivity index (χ0n) is 14.0. The van der Waals surface area contributed by atoms with E-state index in [1.165, 1.54) is 11.3 Å². The first-order valence-corrected chi connectivity index (χ1v) is 9.09. The van der Waals surface area contributed by atoms with Crippen molar-refractivity contribution >= 4 is 34.5 Å². The minimum absolute atomic E-state index is 0.236. The van der Waals surface area contributed by atoms with Crippen molar-refractivity contribution in [1.82, 2.24) is 5.32 Å². The summed E-state index contributed by atoms with van der Waals surface area (Å²) >= 11 is 1.35. The van der Waals surface area contributed by atoms with Gasteiger partial charge in [-0.15, -0.1) is 11.3 Å². The highest BCUT2D eigenvalue weighted by Gasteiger charge is 2.17. The van der Waals surface area contributed by atoms with Gasteiger partial charge in [0, 0.05) is 24.5 Å². The minimum Gasteiger partial charge on any atom is -0.378 e. The van der Waals surface area contributed by atoms with E-state index in [0.717, 1.165) is 32.0 Å². The third kappa shape index (κ3) is 4.58. The lowest BCUT2D eigenvalue weighted by molar-refractivity contribution is -0.117. The van der Waals surface area contributed by atoms with Crippen LogP contribution in [0.25, 0.3) is 0 Å². The molecule has 7 heteroatoms. The van der Waals surface area contributed by atoms with E-state index >= 15 is 0 Å². The number of nitrogens with one attached hydrogen (secondary N) is 2. The lowest BCUT2D eigenvalue weighted by Gasteiger charge is -2.29. The van der Waals surface area contributed by atoms with E-state index in [1.807, 2.05) is 29.6 Å². The van der Waals surface area contributed by atoms with Crippen molar-refractivity contribution in [3.05, 3.63) is 46.7 Å². The quantitative estimate of drug-likeness (QED) is 0.860. The summed E-state index contributed by atoms with van der Waals surface area (Å²) in [5, 5.41) is 7.36. The van der Waals surface area contributed by atoms with Crippen LogP contribution in [0.2, 0.25) is 0 Å². The van der Waals surface area contributed by atoms with Gasteiger partial charge in [-0.05, 0) is 42.6 Å². The Morgan fingerprint density at radius 3 is 2.52 bits per heavy atom. The van der Waals surface area contributed by atoms with Gasteiger partial charge >= 0.3 is 0 Å². The van der Waals surface area contributed by atoms with Crippen molar-refractivity contribution in [2.24, 2.45) is 0 Å². The molecule has 1 saturated heterocycles. The Morgan fingerprint density at radius 1 is 1.16 bits per heavy atom. The SMILES string of the molecule is CC(NC(=O)c1cccs1)C(=O)Nc1ccc(N2CCOCC2)cc1. The summed E-state index contributed by atoms with van der Waals surface area (Å²) < 4.78 is 5.35. The van der Waals surface area contributed by atoms with Gasteiger partial charge in [0.25, 0.3) is 5.91 Å². The summed E-state index contributed by atoms with van der Waals surface area (Å²) in [5.41, 5.74) is 1.82. The number of thiophene rings is 1. The van der Waals surface area contributed by atoms with Crippen LogP contribution in [-0.4, -0.2) is 44.2 Å². The van der Waals surface area contributed by atoms with Crippen molar-refractivity contribution < 1.29 is 14.3 Å². The zero-order chi connectivity index (χ0) is 17.6. The highest BCUT2D eigenvalue weighted by atomic mass is 32.1. The molecule has 1 aliphatic heterocycles. The lowest BCUT2D eigenvalue weighted by atomic mass is 10.2. The van der Waals surface area contributed by atoms with Gasteiger partial charge in [-0.2, -0.15) is 0 Å². The Kier molecular flexibility index (Phi) is 5.67. The van der Waals surface area contributed by atoms with Gasteiger partial charge in [0.2, 0.25) is 5.91 Å². The van der Waals surface area contributed by atoms with Gasteiger partial charge < -0.3 is 20.3 Å². The fraction of sp³-hybridized carbons (Fsp3) is 0.333. The molecule has 3 rings (SSSR count). The predicted octanol–water partition coefficient (Wildman–Crippen LogP) is 2.34. The van der Waals surface area contributed by atoms with Crippen LogP contribution >= 0.6 is 11.3 Å². The lowest BCUT2D eigenvalue weighted by Crippen LogP contribution is -2.41. The number of amides is 2. The summed E-state index contributed by atoms with van der Waals surface area (Å²) in [6.45, 7) is 4.89. The maximum Gasteiger partial charge on any atom is 0.261 e. The van der Waals surface area contributed by atoms with Crippen LogP contribution in [-0.2, 0) is 9.53 Å². The number of rotatable bonds is 5. The molecule has 1 aromatic heterocycles. The molecule has 0 aliphatic carbocycles. The first-order chi connectivity index (χ1) is 12.1. The molecular weight excluding hydrogens is 338 g/mol. The number of hydrogen-bond acceptors (Lipinski definition) is 5. The van der Waals surface area contributed by atoms with Gasteiger partial charge in [-0.25, -0.2) is 0 Å². The fourth-order valence-corrected chi connectivity index (χ4v) is 3.20. The number of anilines is 2. The highest BCUT2D eigenvalue weighted by molar-refractivity contribution is 7.12. The molecular formula is C18H21N3O3S. The van der Waals surface area contributed by atoms with Crippen molar-refractivity contribution in [2.45, 2.75) is 13.0 Å². The third-order valence-electron chi connectivity index (χ3n) is 4.00. The van der Waals surface area contributed by atoms with E-state index in [1.54, 1.807) is 19.1 Å². The van der Waals surface area contributed by atoms with E-state index in [-0.39, 0.29) is 11.8 Å². The number of nitrogens with zero attached hydrogens (tertiary/aromatic N) is 1. The first-order valence-electron chi connectivity index (χ1n) is 8.21. The van der Waals surface area contributed by atoms with Crippen LogP contribution in [0.1, 0.15) is 16.6 Å². The largest absolute Gasteiger partial charge is 0.378 e. The topological polar surface area (TPSA) is 70.7 Å². The average Bonchev–Trinajstić information content (AvgIpc) is 3.18. The molecule has 2 N–H and O–H groups in total. The van der Waals surface area contributed by atoms with Gasteiger partial charge in [-0.3, -0.25) is 9.59 Å². The number of hydrogen-bond donors (Lipinski definition) is 2. The predicted molar refractivity (Wildman–Crippen MR) is 99.4 cm³/mol. The molecule has 1 atom stereocenters. The Labute approximate surface area is 150 Å². The second kappa shape index (κ2) is 8.13. The summed E-state index contributed by atoms with van der Waals surface area (Å²) in [6.07, 6.45) is 0. The average molecular weight is 359 g/mol. The Morgan fingerprint density at radius 2 is 1.88 bits per heavy atom. The number of carbonyl (C=O) groups excluding carboxylic acids is 2. The maximum atomic E-state index is 12.3. The number of morpholine rings is 1. The maximum absolute atomic E-state index is 12.3. The summed E-state index contributed by atoms with van der Waals surface area (Å²) in [5.74, 6) is -0.482. The highest BCUT2D eigenvalue weighted by Crippen LogP contribution is 2.19. The normalized spacial score (nSPS) is 15.5. The molecule has 0 spiro atoms. The monoisotopic (exact) mass is 359 g/mol. The zero-order valence-corrected chi connectivity index (χ0v) is 14.8. The smallest absolute Gasteiger partial charge is 0.261 e. The third-order valence-corrected chi connectivity index (χ3v) is 4.87. The summed E-state index contributed by atoms with van der Waals surface area (Å²) in [4.78, 5) is 27.1. The van der Waals surface area contributed by atoms with Crippen LogP contribution in [0.15, 0.2) is 41.8 Å². The van der Waals surface area contributed by atoms with Gasteiger partial charge in [-0.1, -0.05) is 6.07 Å². The fourth-order valence-electron chi connectivity index (χ4n) is 2.57. The second-order valence-corrected chi connectivity index (χ2v) is 6.76. The Balaban J connectivity index is 1.54. The van der Waals surface area contributed by atoms with Crippen molar-refractivity contribution in [2.75, 3.05) is 36.5 Å². The summed E-state index contributed by atoms with van der Waals surface area (Å²) in [6, 6.07) is 10.6. The van der Waals surface area contributed by atoms with Crippen LogP contribution in [0.3, 0.4) is 0 Å². The molecule has 1 unspecified atom stereocenters. The molecule has 1 aromatic carbocycles. The molecule has 0 saturated carbocycles. The van der Waals surface area contributed by atoms with Crippen molar-refractivity contribution in [3.63, 3.8) is 0 Å². The number of ether oxygens (including phenoxy) is 1. The van der Waals surface area contributed by atoms with E-state index in [4.69, 9.17) is 4.74 Å². The van der Waals surface area contributed by atoms with E-state index in [2.05, 4.69) is 15.5 Å². The number of benzene rings is 1. The van der Waals surface area contributed by atoms with Crippen molar-refractivity contribution in [3.8, 4) is 0 Å². The molecule has 0 radical (unpaired) electrons. The molecule has 2 heterocycles. The molecule has 0 bridgehead atoms. The molecule has 2 amide bonds. The standard InChI is InChI=1S/C18H21N3O3S/c1-13(19-18(23)16-3-2-12-25-16)17(22)20-14-4-6-15(7-5-14)21-8-10-24-11-9-21/h2-7,12-13H,8-11H2,1H3,(H,19,23)(H,20,22). The van der Waals surface area contributed by atoms with E-state index in [9.17, 15) is 9.59 Å². The summed E-state index contributed by atoms with van der Waals surface area (Å²) in [7, 11) is 0. The molecule has 2 aromatic rings. The Bertz CT molecular complexity index is 710. The van der Waals surface area contributed by atoms with E-state index in [0.29, 0.717) is 10.6 Å². The Hall–Kier alpha value is -2.38. The van der Waals surface area contributed by atoms with Crippen LogP contribution < -0.4 is 15.5 Å². The van der Waals surface area contributed by atoms with E-state index < -0.39 is 6.04 Å². The van der Waals surface area contributed by atoms with Gasteiger partial charge in [0.05, 0.1) is 18.1 Å². The first kappa shape index (κ1) is 17.4. The van der Waals surface area contributed by atoms with Crippen LogP contribution in [0.4, 0.5) is 11.4 Å². The van der Waals surface area contributed by atoms with Crippen LogP contribution in [0.5, 0.6) is 0 Å². The molecule has 1 fully saturated rings.